The van der Waals surface area contributed by atoms with Crippen molar-refractivity contribution in [3.63, 3.8) is 0 Å². The number of hydrogen-bond acceptors (Lipinski definition) is 2. The van der Waals surface area contributed by atoms with Crippen LogP contribution in [0.15, 0.2) is 35.1 Å². The summed E-state index contributed by atoms with van der Waals surface area (Å²) in [6.45, 7) is 6.86. The molecule has 4 heteroatoms. The summed E-state index contributed by atoms with van der Waals surface area (Å²) in [7, 11) is 0. The molecule has 0 saturated carbocycles. The van der Waals surface area contributed by atoms with Crippen LogP contribution in [0.1, 0.15) is 28.1 Å². The van der Waals surface area contributed by atoms with E-state index in [-0.39, 0.29) is 5.56 Å². The quantitative estimate of drug-likeness (QED) is 0.779. The Morgan fingerprint density at radius 3 is 2.88 bits per heavy atom. The average Bonchev–Trinajstić information content (AvgIpc) is 2.88. The molecule has 0 atom stereocenters. The Morgan fingerprint density at radius 2 is 2.04 bits per heavy atom. The van der Waals surface area contributed by atoms with Crippen molar-refractivity contribution >= 4 is 10.9 Å². The minimum absolute atomic E-state index is 0.0397. The Balaban J connectivity index is 1.75. The number of rotatable bonds is 3. The molecule has 0 amide bonds. The molecule has 1 aromatic carbocycles. The fourth-order valence-electron chi connectivity index (χ4n) is 3.78. The van der Waals surface area contributed by atoms with Crippen molar-refractivity contribution in [1.82, 2.24) is 14.9 Å². The lowest BCUT2D eigenvalue weighted by Crippen LogP contribution is -2.25. The van der Waals surface area contributed by atoms with E-state index < -0.39 is 0 Å². The molecular formula is C20H23N3O. The molecule has 0 radical (unpaired) electrons. The van der Waals surface area contributed by atoms with Gasteiger partial charge in [-0.2, -0.15) is 0 Å². The summed E-state index contributed by atoms with van der Waals surface area (Å²) in [5, 5.41) is 4.84. The van der Waals surface area contributed by atoms with Crippen molar-refractivity contribution in [2.24, 2.45) is 0 Å². The van der Waals surface area contributed by atoms with Crippen LogP contribution in [0, 0.1) is 13.8 Å². The second kappa shape index (κ2) is 5.95. The highest BCUT2D eigenvalue weighted by atomic mass is 16.1. The number of H-pyrrole nitrogens is 1. The monoisotopic (exact) mass is 321 g/mol. The van der Waals surface area contributed by atoms with Crippen LogP contribution in [0.25, 0.3) is 10.9 Å². The normalized spacial score (nSPS) is 14.1. The molecule has 24 heavy (non-hydrogen) atoms. The summed E-state index contributed by atoms with van der Waals surface area (Å²) in [6.07, 6.45) is 1.81. The number of pyridine rings is 1. The van der Waals surface area contributed by atoms with E-state index in [0.717, 1.165) is 43.7 Å². The number of hydrogen-bond donors (Lipinski definition) is 2. The number of aryl methyl sites for hydroxylation is 4. The highest BCUT2D eigenvalue weighted by Gasteiger charge is 2.19. The van der Waals surface area contributed by atoms with Crippen molar-refractivity contribution in [2.75, 3.05) is 6.54 Å². The first-order valence-corrected chi connectivity index (χ1v) is 8.63. The van der Waals surface area contributed by atoms with E-state index in [1.165, 1.54) is 27.7 Å². The summed E-state index contributed by atoms with van der Waals surface area (Å²) in [6, 6.07) is 10.6. The molecule has 0 spiro atoms. The minimum Gasteiger partial charge on any atom is -0.344 e. The van der Waals surface area contributed by atoms with Crippen LogP contribution in [0.2, 0.25) is 0 Å². The van der Waals surface area contributed by atoms with Crippen LogP contribution in [0.4, 0.5) is 0 Å². The fourth-order valence-corrected chi connectivity index (χ4v) is 3.78. The Hall–Kier alpha value is -2.33. The fraction of sp³-hybridized carbons (Fsp3) is 0.350. The summed E-state index contributed by atoms with van der Waals surface area (Å²) in [4.78, 5) is 15.0. The molecule has 1 aliphatic heterocycles. The smallest absolute Gasteiger partial charge is 0.251 e. The van der Waals surface area contributed by atoms with E-state index in [9.17, 15) is 4.79 Å². The van der Waals surface area contributed by atoms with Gasteiger partial charge in [-0.05, 0) is 44.0 Å². The van der Waals surface area contributed by atoms with E-state index in [1.807, 2.05) is 19.1 Å². The standard InChI is InChI=1S/C20H23N3O/c1-13-3-6-18-16(11-13)17-12-21-9-7-19(17)23(18)10-8-15-5-4-14(2)22-20(15)24/h3-6,11,21H,7-10,12H2,1-2H3,(H,22,24). The molecule has 2 N–H and O–H groups in total. The number of fused-ring (bicyclic) bond motifs is 3. The molecule has 0 fully saturated rings. The van der Waals surface area contributed by atoms with E-state index >= 15 is 0 Å². The Kier molecular flexibility index (Phi) is 3.77. The van der Waals surface area contributed by atoms with Gasteiger partial charge in [0, 0.05) is 53.9 Å². The second-order valence-electron chi connectivity index (χ2n) is 6.77. The van der Waals surface area contributed by atoms with Gasteiger partial charge in [0.2, 0.25) is 0 Å². The van der Waals surface area contributed by atoms with E-state index in [0.29, 0.717) is 0 Å². The lowest BCUT2D eigenvalue weighted by molar-refractivity contribution is 0.593. The molecular weight excluding hydrogens is 298 g/mol. The third-order valence-corrected chi connectivity index (χ3v) is 5.02. The van der Waals surface area contributed by atoms with E-state index in [1.54, 1.807) is 0 Å². The van der Waals surface area contributed by atoms with Gasteiger partial charge < -0.3 is 14.9 Å². The minimum atomic E-state index is 0.0397. The van der Waals surface area contributed by atoms with Crippen molar-refractivity contribution < 1.29 is 0 Å². The van der Waals surface area contributed by atoms with Gasteiger partial charge in [-0.15, -0.1) is 0 Å². The van der Waals surface area contributed by atoms with Gasteiger partial charge in [-0.25, -0.2) is 0 Å². The van der Waals surface area contributed by atoms with Crippen LogP contribution in [-0.2, 0) is 25.9 Å². The maximum Gasteiger partial charge on any atom is 0.251 e. The number of aromatic amines is 1. The van der Waals surface area contributed by atoms with E-state index in [4.69, 9.17) is 0 Å². The molecule has 0 saturated heterocycles. The van der Waals surface area contributed by atoms with Gasteiger partial charge in [0.25, 0.3) is 5.56 Å². The van der Waals surface area contributed by atoms with Crippen molar-refractivity contribution in [3.05, 3.63) is 68.8 Å². The summed E-state index contributed by atoms with van der Waals surface area (Å²) in [5.74, 6) is 0. The zero-order chi connectivity index (χ0) is 16.7. The van der Waals surface area contributed by atoms with Gasteiger partial charge in [-0.1, -0.05) is 17.7 Å². The highest BCUT2D eigenvalue weighted by molar-refractivity contribution is 5.86. The summed E-state index contributed by atoms with van der Waals surface area (Å²) >= 11 is 0. The van der Waals surface area contributed by atoms with Gasteiger partial charge >= 0.3 is 0 Å². The largest absolute Gasteiger partial charge is 0.344 e. The molecule has 2 aromatic heterocycles. The van der Waals surface area contributed by atoms with Gasteiger partial charge in [-0.3, -0.25) is 4.79 Å². The van der Waals surface area contributed by atoms with Crippen LogP contribution in [0.5, 0.6) is 0 Å². The molecule has 0 bridgehead atoms. The second-order valence-corrected chi connectivity index (χ2v) is 6.77. The molecule has 124 valence electrons. The van der Waals surface area contributed by atoms with Crippen LogP contribution in [-0.4, -0.2) is 16.1 Å². The maximum absolute atomic E-state index is 12.1. The van der Waals surface area contributed by atoms with Gasteiger partial charge in [0.1, 0.15) is 0 Å². The van der Waals surface area contributed by atoms with Crippen LogP contribution < -0.4 is 10.9 Å². The topological polar surface area (TPSA) is 49.8 Å². The number of nitrogens with one attached hydrogen (secondary N) is 2. The molecule has 0 unspecified atom stereocenters. The molecule has 4 nitrogen and oxygen atoms in total. The molecule has 1 aliphatic rings. The van der Waals surface area contributed by atoms with Crippen molar-refractivity contribution in [2.45, 2.75) is 39.8 Å². The average molecular weight is 321 g/mol. The number of nitrogens with zero attached hydrogens (tertiary/aromatic N) is 1. The zero-order valence-corrected chi connectivity index (χ0v) is 14.3. The predicted molar refractivity (Wildman–Crippen MR) is 97.6 cm³/mol. The number of benzene rings is 1. The lowest BCUT2D eigenvalue weighted by Gasteiger charge is -2.17. The van der Waals surface area contributed by atoms with Gasteiger partial charge in [0.05, 0.1) is 0 Å². The van der Waals surface area contributed by atoms with E-state index in [2.05, 4.69) is 40.0 Å². The molecule has 4 rings (SSSR count). The Morgan fingerprint density at radius 1 is 1.17 bits per heavy atom. The first-order valence-electron chi connectivity index (χ1n) is 8.63. The number of aromatic nitrogens is 2. The third-order valence-electron chi connectivity index (χ3n) is 5.02. The molecule has 3 heterocycles. The third kappa shape index (κ3) is 2.57. The summed E-state index contributed by atoms with van der Waals surface area (Å²) in [5.41, 5.74) is 7.25. The van der Waals surface area contributed by atoms with Crippen molar-refractivity contribution in [3.8, 4) is 0 Å². The van der Waals surface area contributed by atoms with Crippen LogP contribution in [0.3, 0.4) is 0 Å². The lowest BCUT2D eigenvalue weighted by atomic mass is 10.0. The maximum atomic E-state index is 12.1. The predicted octanol–water partition coefficient (Wildman–Crippen LogP) is 2.83. The summed E-state index contributed by atoms with van der Waals surface area (Å²) < 4.78 is 2.42. The molecule has 3 aromatic rings. The highest BCUT2D eigenvalue weighted by Crippen LogP contribution is 2.29. The Bertz CT molecular complexity index is 965. The Labute approximate surface area is 141 Å². The first kappa shape index (κ1) is 15.2. The molecule has 0 aliphatic carbocycles. The zero-order valence-electron chi connectivity index (χ0n) is 14.3. The first-order chi connectivity index (χ1) is 11.6. The van der Waals surface area contributed by atoms with Crippen molar-refractivity contribution in [1.29, 1.82) is 0 Å². The van der Waals surface area contributed by atoms with Crippen LogP contribution >= 0.6 is 0 Å². The van der Waals surface area contributed by atoms with Gasteiger partial charge in [0.15, 0.2) is 0 Å². The SMILES string of the molecule is Cc1ccc2c(c1)c1c(n2CCc2ccc(C)[nH]c2=O)CCNC1.